The molecule has 0 atom stereocenters. The van der Waals surface area contributed by atoms with Crippen molar-refractivity contribution in [2.45, 2.75) is 162 Å². The second-order valence-corrected chi connectivity index (χ2v) is 28.3. The lowest BCUT2D eigenvalue weighted by Gasteiger charge is -2.48. The van der Waals surface area contributed by atoms with Crippen molar-refractivity contribution >= 4 is 96.2 Å². The zero-order valence-corrected chi connectivity index (χ0v) is 48.8. The van der Waals surface area contributed by atoms with Gasteiger partial charge in [-0.2, -0.15) is 0 Å². The minimum absolute atomic E-state index is 0.00409. The molecule has 2 aliphatic carbocycles. The fourth-order valence-corrected chi connectivity index (χ4v) is 14.6. The van der Waals surface area contributed by atoms with Crippen molar-refractivity contribution in [3.8, 4) is 0 Å². The van der Waals surface area contributed by atoms with E-state index in [-0.39, 0.29) is 39.2 Å². The van der Waals surface area contributed by atoms with E-state index in [4.69, 9.17) is 4.42 Å². The zero-order chi connectivity index (χ0) is 57.5. The van der Waals surface area contributed by atoms with Crippen LogP contribution in [0.3, 0.4) is 0 Å². The van der Waals surface area contributed by atoms with E-state index >= 15 is 0 Å². The van der Waals surface area contributed by atoms with Gasteiger partial charge in [0.05, 0.1) is 5.69 Å². The third kappa shape index (κ3) is 7.67. The lowest BCUT2D eigenvalue weighted by molar-refractivity contribution is 0.332. The first kappa shape index (κ1) is 47.1. The van der Waals surface area contributed by atoms with Crippen LogP contribution < -0.4 is 31.1 Å². The maximum absolute atomic E-state index is 9.38. The molecule has 78 heavy (non-hydrogen) atoms. The van der Waals surface area contributed by atoms with E-state index in [1.165, 1.54) is 44.4 Å². The topological polar surface area (TPSA) is 22.9 Å². The fourth-order valence-electron chi connectivity index (χ4n) is 14.6. The molecule has 4 nitrogen and oxygen atoms in total. The number of rotatable bonds is 5. The molecule has 0 N–H and O–H groups in total. The van der Waals surface area contributed by atoms with Crippen molar-refractivity contribution in [2.24, 2.45) is 0 Å². The lowest BCUT2D eigenvalue weighted by Crippen LogP contribution is -2.62. The monoisotopic (exact) mass is 1030 g/mol. The number of anilines is 9. The third-order valence-corrected chi connectivity index (χ3v) is 18.8. The van der Waals surface area contributed by atoms with Gasteiger partial charge >= 0.3 is 0 Å². The smallest absolute Gasteiger partial charge is 0.252 e. The number of fused-ring (bicyclic) bond motifs is 9. The van der Waals surface area contributed by atoms with Crippen molar-refractivity contribution in [1.29, 1.82) is 0 Å². The van der Waals surface area contributed by atoms with Gasteiger partial charge < -0.3 is 19.1 Å². The third-order valence-electron chi connectivity index (χ3n) is 18.8. The van der Waals surface area contributed by atoms with Crippen molar-refractivity contribution in [3.05, 3.63) is 190 Å². The molecule has 8 aromatic carbocycles. The molecule has 2 aliphatic heterocycles. The Balaban J connectivity index is 1.16. The van der Waals surface area contributed by atoms with Gasteiger partial charge in [-0.15, -0.1) is 0 Å². The summed E-state index contributed by atoms with van der Waals surface area (Å²) in [6, 6.07) is 53.9. The summed E-state index contributed by atoms with van der Waals surface area (Å²) >= 11 is 0. The number of para-hydroxylation sites is 2. The van der Waals surface area contributed by atoms with Gasteiger partial charge in [-0.25, -0.2) is 0 Å². The van der Waals surface area contributed by atoms with Gasteiger partial charge in [0.25, 0.3) is 6.71 Å². The Bertz CT molecular complexity index is 4010. The predicted octanol–water partition coefficient (Wildman–Crippen LogP) is 18.7. The highest BCUT2D eigenvalue weighted by Gasteiger charge is 2.49. The first-order chi connectivity index (χ1) is 37.9. The minimum atomic E-state index is -2.44. The maximum atomic E-state index is 9.38. The molecule has 0 spiro atoms. The van der Waals surface area contributed by atoms with Crippen molar-refractivity contribution in [2.75, 3.05) is 14.7 Å². The molecule has 0 saturated carbocycles. The van der Waals surface area contributed by atoms with Gasteiger partial charge in [-0.05, 0) is 199 Å². The van der Waals surface area contributed by atoms with Crippen LogP contribution in [-0.2, 0) is 32.5 Å². The van der Waals surface area contributed by atoms with E-state index in [1.807, 2.05) is 24.3 Å². The number of aryl methyl sites for hydroxylation is 2. The van der Waals surface area contributed by atoms with Gasteiger partial charge in [-0.3, -0.25) is 0 Å². The molecule has 0 bridgehead atoms. The second kappa shape index (κ2) is 16.8. The molecule has 0 fully saturated rings. The highest BCUT2D eigenvalue weighted by Crippen LogP contribution is 2.55. The average Bonchev–Trinajstić information content (AvgIpc) is 1.57. The van der Waals surface area contributed by atoms with E-state index in [1.54, 1.807) is 0 Å². The Morgan fingerprint density at radius 2 is 1.00 bits per heavy atom. The van der Waals surface area contributed by atoms with E-state index in [2.05, 4.69) is 240 Å². The highest BCUT2D eigenvalue weighted by molar-refractivity contribution is 7.00. The van der Waals surface area contributed by atoms with Crippen LogP contribution in [-0.4, -0.2) is 6.71 Å². The normalized spacial score (nSPS) is 18.1. The number of benzene rings is 8. The molecule has 4 aliphatic rings. The first-order valence-corrected chi connectivity index (χ1v) is 28.6. The Morgan fingerprint density at radius 3 is 1.60 bits per heavy atom. The largest absolute Gasteiger partial charge is 0.454 e. The minimum Gasteiger partial charge on any atom is -0.454 e. The van der Waals surface area contributed by atoms with Gasteiger partial charge in [-0.1, -0.05) is 170 Å². The number of hydrogen-bond acceptors (Lipinski definition) is 4. The zero-order valence-electron chi connectivity index (χ0n) is 51.8. The van der Waals surface area contributed by atoms with Crippen LogP contribution in [0.25, 0.3) is 21.9 Å². The first-order valence-electron chi connectivity index (χ1n) is 30.1. The maximum Gasteiger partial charge on any atom is 0.252 e. The second-order valence-electron chi connectivity index (χ2n) is 28.3. The summed E-state index contributed by atoms with van der Waals surface area (Å²) < 4.78 is 35.2. The highest BCUT2D eigenvalue weighted by atomic mass is 16.3. The Hall–Kier alpha value is -6.98. The molecule has 0 radical (unpaired) electrons. The SMILES string of the molecule is [2H]C([2H])([2H])c1cc2c3c(c1)N(c1cccc4c1oc1ccccc14)c1cc(N(c4ccc(C(C)(C)C)cc4)c4ccc(C(C)(C)C)cc4)ccc1B3c1cc3c(cc1N2c1cc2c(cc1C)C(C)(C)CC2(C)C)C(C)(C)CCC3(C)C. The van der Waals surface area contributed by atoms with E-state index < -0.39 is 6.85 Å². The summed E-state index contributed by atoms with van der Waals surface area (Å²) in [5, 5.41) is 2.04. The van der Waals surface area contributed by atoms with Crippen LogP contribution in [0.1, 0.15) is 165 Å². The van der Waals surface area contributed by atoms with Gasteiger partial charge in [0.2, 0.25) is 0 Å². The van der Waals surface area contributed by atoms with Crippen LogP contribution in [0.2, 0.25) is 0 Å². The number of nitrogens with zero attached hydrogens (tertiary/aromatic N) is 3. The Kier molecular flexibility index (Phi) is 10.1. The molecule has 0 unspecified atom stereocenters. The summed E-state index contributed by atoms with van der Waals surface area (Å²) in [5.41, 5.74) is 23.1. The summed E-state index contributed by atoms with van der Waals surface area (Å²) in [6.07, 6.45) is 3.19. The molecule has 13 rings (SSSR count). The average molecular weight is 1030 g/mol. The summed E-state index contributed by atoms with van der Waals surface area (Å²) in [7, 11) is 0. The number of furan rings is 1. The Labute approximate surface area is 469 Å². The molecule has 0 saturated heterocycles. The van der Waals surface area contributed by atoms with Crippen LogP contribution in [0, 0.1) is 13.8 Å². The molecule has 9 aromatic rings. The van der Waals surface area contributed by atoms with Crippen molar-refractivity contribution in [3.63, 3.8) is 0 Å². The molecule has 394 valence electrons. The summed E-state index contributed by atoms with van der Waals surface area (Å²) in [5.74, 6) is 0. The predicted molar refractivity (Wildman–Crippen MR) is 335 cm³/mol. The van der Waals surface area contributed by atoms with Gasteiger partial charge in [0.1, 0.15) is 5.58 Å². The Morgan fingerprint density at radius 1 is 0.487 bits per heavy atom. The van der Waals surface area contributed by atoms with E-state index in [0.29, 0.717) is 5.56 Å². The van der Waals surface area contributed by atoms with Crippen LogP contribution in [0.15, 0.2) is 150 Å². The van der Waals surface area contributed by atoms with Crippen LogP contribution >= 0.6 is 0 Å². The standard InChI is InChI=1S/C73H78BN3O/c1-44-36-63-66-64(37-44)77(60-41-56-53(38-45(60)2)72(13,14)43-73(56,15)16)62-42-55-54(70(9,10)34-35-71(55,11)12)40-58(62)74(66)57-33-32-50(39-61(57)76(63)59-22-19-21-52-51-20-17-18-23-65(51)78-67(52)59)75(48-28-24-46(25-29-48)68(3,4)5)49-30-26-47(27-31-49)69(6,7)8/h17-33,36-42H,34-35,43H2,1-16H3/i1D3. The van der Waals surface area contributed by atoms with Crippen LogP contribution in [0.5, 0.6) is 0 Å². The van der Waals surface area contributed by atoms with Crippen molar-refractivity contribution in [1.82, 2.24) is 0 Å². The summed E-state index contributed by atoms with van der Waals surface area (Å²) in [6.45, 7) is 32.4. The van der Waals surface area contributed by atoms with E-state index in [9.17, 15) is 4.11 Å². The van der Waals surface area contributed by atoms with Crippen molar-refractivity contribution < 1.29 is 8.53 Å². The fraction of sp³-hybridized carbons (Fsp3) is 0.342. The van der Waals surface area contributed by atoms with Gasteiger partial charge in [0, 0.05) is 60.4 Å². The van der Waals surface area contributed by atoms with E-state index in [0.717, 1.165) is 103 Å². The summed E-state index contributed by atoms with van der Waals surface area (Å²) in [4.78, 5) is 7.22. The molecular weight excluding hydrogens is 946 g/mol. The van der Waals surface area contributed by atoms with Gasteiger partial charge in [0.15, 0.2) is 5.58 Å². The molecule has 3 heterocycles. The molecule has 1 aromatic heterocycles. The quantitative estimate of drug-likeness (QED) is 0.160. The lowest BCUT2D eigenvalue weighted by atomic mass is 9.33. The molecule has 0 amide bonds. The molecule has 5 heteroatoms. The molecular formula is C73H78BN3O. The van der Waals surface area contributed by atoms with Crippen LogP contribution in [0.4, 0.5) is 51.2 Å². The number of hydrogen-bond donors (Lipinski definition) is 0.